The van der Waals surface area contributed by atoms with Crippen molar-refractivity contribution < 1.29 is 0 Å². The third-order valence-corrected chi connectivity index (χ3v) is 4.33. The molecule has 0 fully saturated rings. The Kier molecular flexibility index (Phi) is 5.80. The molecule has 0 radical (unpaired) electrons. The summed E-state index contributed by atoms with van der Waals surface area (Å²) in [4.78, 5) is 0. The van der Waals surface area contributed by atoms with Crippen LogP contribution in [0.2, 0.25) is 0 Å². The van der Waals surface area contributed by atoms with Crippen LogP contribution in [0.25, 0.3) is 0 Å². The fourth-order valence-electron chi connectivity index (χ4n) is 2.51. The summed E-state index contributed by atoms with van der Waals surface area (Å²) < 4.78 is 3.08. The van der Waals surface area contributed by atoms with Gasteiger partial charge in [-0.15, -0.1) is 0 Å². The maximum atomic E-state index is 4.23. The Balaban J connectivity index is 1.95. The summed E-state index contributed by atoms with van der Waals surface area (Å²) in [6.07, 6.45) is 7.44. The molecule has 0 aliphatic heterocycles. The zero-order chi connectivity index (χ0) is 14.4. The van der Waals surface area contributed by atoms with Crippen molar-refractivity contribution in [2.24, 2.45) is 13.0 Å². The fourth-order valence-corrected chi connectivity index (χ4v) is 2.96. The van der Waals surface area contributed by atoms with Gasteiger partial charge in [0.1, 0.15) is 0 Å². The topological polar surface area (TPSA) is 29.9 Å². The van der Waals surface area contributed by atoms with E-state index in [1.54, 1.807) is 0 Å². The van der Waals surface area contributed by atoms with E-state index in [0.29, 0.717) is 5.92 Å². The minimum atomic E-state index is 0.638. The fraction of sp³-hybridized carbons (Fsp3) is 0.438. The molecule has 1 aromatic heterocycles. The van der Waals surface area contributed by atoms with Gasteiger partial charge in [-0.05, 0) is 56.0 Å². The molecule has 20 heavy (non-hydrogen) atoms. The van der Waals surface area contributed by atoms with Crippen LogP contribution in [0.1, 0.15) is 17.5 Å². The van der Waals surface area contributed by atoms with Crippen molar-refractivity contribution in [3.63, 3.8) is 0 Å². The summed E-state index contributed by atoms with van der Waals surface area (Å²) in [5.41, 5.74) is 2.71. The number of benzene rings is 1. The molecule has 0 saturated carbocycles. The minimum absolute atomic E-state index is 0.638. The van der Waals surface area contributed by atoms with Gasteiger partial charge in [-0.25, -0.2) is 0 Å². The van der Waals surface area contributed by atoms with Gasteiger partial charge in [0.25, 0.3) is 0 Å². The molecule has 2 aromatic rings. The van der Waals surface area contributed by atoms with E-state index in [4.69, 9.17) is 0 Å². The second-order valence-electron chi connectivity index (χ2n) is 5.28. The molecule has 0 amide bonds. The Bertz CT molecular complexity index is 536. The lowest BCUT2D eigenvalue weighted by Gasteiger charge is -2.17. The lowest BCUT2D eigenvalue weighted by Crippen LogP contribution is -2.21. The van der Waals surface area contributed by atoms with Crippen molar-refractivity contribution in [2.75, 3.05) is 13.6 Å². The molecule has 0 saturated heterocycles. The average molecular weight is 336 g/mol. The van der Waals surface area contributed by atoms with Crippen molar-refractivity contribution in [1.29, 1.82) is 0 Å². The van der Waals surface area contributed by atoms with Gasteiger partial charge >= 0.3 is 0 Å². The van der Waals surface area contributed by atoms with Crippen LogP contribution in [0.3, 0.4) is 0 Å². The van der Waals surface area contributed by atoms with Crippen LogP contribution in [0.5, 0.6) is 0 Å². The third kappa shape index (κ3) is 4.46. The highest BCUT2D eigenvalue weighted by Crippen LogP contribution is 2.21. The first-order valence-corrected chi connectivity index (χ1v) is 7.84. The molecule has 0 spiro atoms. The van der Waals surface area contributed by atoms with Crippen LogP contribution >= 0.6 is 15.9 Å². The molecule has 1 aromatic carbocycles. The van der Waals surface area contributed by atoms with E-state index in [2.05, 4.69) is 56.8 Å². The molecule has 4 heteroatoms. The van der Waals surface area contributed by atoms with Crippen molar-refractivity contribution in [3.05, 3.63) is 52.3 Å². The van der Waals surface area contributed by atoms with Gasteiger partial charge in [0.2, 0.25) is 0 Å². The highest BCUT2D eigenvalue weighted by atomic mass is 79.9. The number of aryl methyl sites for hydroxylation is 2. The summed E-state index contributed by atoms with van der Waals surface area (Å²) in [6.45, 7) is 1.04. The molecule has 1 unspecified atom stereocenters. The largest absolute Gasteiger partial charge is 0.319 e. The Morgan fingerprint density at radius 3 is 2.80 bits per heavy atom. The van der Waals surface area contributed by atoms with Gasteiger partial charge in [-0.1, -0.05) is 34.1 Å². The van der Waals surface area contributed by atoms with Crippen LogP contribution in [0.15, 0.2) is 41.1 Å². The third-order valence-electron chi connectivity index (χ3n) is 3.56. The molecule has 3 nitrogen and oxygen atoms in total. The molecule has 0 aliphatic rings. The van der Waals surface area contributed by atoms with Crippen LogP contribution in [0, 0.1) is 5.92 Å². The van der Waals surface area contributed by atoms with E-state index in [0.717, 1.165) is 19.4 Å². The van der Waals surface area contributed by atoms with Crippen molar-refractivity contribution in [3.8, 4) is 0 Å². The number of nitrogens with one attached hydrogen (secondary N) is 1. The van der Waals surface area contributed by atoms with Gasteiger partial charge in [0.05, 0.1) is 6.20 Å². The Morgan fingerprint density at radius 2 is 2.15 bits per heavy atom. The maximum absolute atomic E-state index is 4.23. The van der Waals surface area contributed by atoms with E-state index >= 15 is 0 Å². The van der Waals surface area contributed by atoms with Gasteiger partial charge in [-0.3, -0.25) is 4.68 Å². The summed E-state index contributed by atoms with van der Waals surface area (Å²) >= 11 is 3.64. The number of halogens is 1. The summed E-state index contributed by atoms with van der Waals surface area (Å²) in [5, 5.41) is 7.55. The zero-order valence-electron chi connectivity index (χ0n) is 12.1. The van der Waals surface area contributed by atoms with Crippen LogP contribution < -0.4 is 5.32 Å². The lowest BCUT2D eigenvalue weighted by molar-refractivity contribution is 0.460. The standard InChI is InChI=1S/C16H22BrN3/c1-18-10-13(7-8-14-11-19-20(2)12-14)9-15-5-3-4-6-16(15)17/h3-6,11-13,18H,7-10H2,1-2H3. The van der Waals surface area contributed by atoms with E-state index in [1.807, 2.05) is 25.0 Å². The highest BCUT2D eigenvalue weighted by molar-refractivity contribution is 9.10. The van der Waals surface area contributed by atoms with Crippen LogP contribution in [-0.2, 0) is 19.9 Å². The smallest absolute Gasteiger partial charge is 0.0521 e. The average Bonchev–Trinajstić information content (AvgIpc) is 2.85. The maximum Gasteiger partial charge on any atom is 0.0521 e. The van der Waals surface area contributed by atoms with Crippen LogP contribution in [-0.4, -0.2) is 23.4 Å². The molecule has 1 heterocycles. The summed E-state index contributed by atoms with van der Waals surface area (Å²) in [6, 6.07) is 8.50. The summed E-state index contributed by atoms with van der Waals surface area (Å²) in [7, 11) is 3.99. The van der Waals surface area contributed by atoms with Gasteiger partial charge in [-0.2, -0.15) is 5.10 Å². The first-order valence-electron chi connectivity index (χ1n) is 7.04. The van der Waals surface area contributed by atoms with Gasteiger partial charge in [0, 0.05) is 17.7 Å². The molecule has 1 atom stereocenters. The minimum Gasteiger partial charge on any atom is -0.319 e. The first-order chi connectivity index (χ1) is 9.69. The van der Waals surface area contributed by atoms with E-state index in [9.17, 15) is 0 Å². The molecule has 0 aliphatic carbocycles. The van der Waals surface area contributed by atoms with Crippen molar-refractivity contribution in [2.45, 2.75) is 19.3 Å². The Morgan fingerprint density at radius 1 is 1.35 bits per heavy atom. The zero-order valence-corrected chi connectivity index (χ0v) is 13.7. The number of rotatable bonds is 7. The predicted molar refractivity (Wildman–Crippen MR) is 86.8 cm³/mol. The Hall–Kier alpha value is -1.13. The van der Waals surface area contributed by atoms with Gasteiger partial charge in [0.15, 0.2) is 0 Å². The number of nitrogens with zero attached hydrogens (tertiary/aromatic N) is 2. The van der Waals surface area contributed by atoms with Crippen molar-refractivity contribution in [1.82, 2.24) is 15.1 Å². The van der Waals surface area contributed by atoms with Gasteiger partial charge < -0.3 is 5.32 Å². The first kappa shape index (κ1) is 15.3. The SMILES string of the molecule is CNCC(CCc1cnn(C)c1)Cc1ccccc1Br. The number of aromatic nitrogens is 2. The van der Waals surface area contributed by atoms with E-state index < -0.39 is 0 Å². The second kappa shape index (κ2) is 7.60. The monoisotopic (exact) mass is 335 g/mol. The highest BCUT2D eigenvalue weighted by Gasteiger charge is 2.11. The van der Waals surface area contributed by atoms with E-state index in [1.165, 1.54) is 22.0 Å². The molecular formula is C16H22BrN3. The molecule has 0 bridgehead atoms. The lowest BCUT2D eigenvalue weighted by atomic mass is 9.93. The second-order valence-corrected chi connectivity index (χ2v) is 6.13. The number of hydrogen-bond acceptors (Lipinski definition) is 2. The predicted octanol–water partition coefficient (Wildman–Crippen LogP) is 3.19. The molecule has 1 N–H and O–H groups in total. The molecular weight excluding hydrogens is 314 g/mol. The number of hydrogen-bond donors (Lipinski definition) is 1. The van der Waals surface area contributed by atoms with Crippen molar-refractivity contribution >= 4 is 15.9 Å². The normalized spacial score (nSPS) is 12.6. The molecule has 108 valence electrons. The Labute approximate surface area is 129 Å². The quantitative estimate of drug-likeness (QED) is 0.842. The van der Waals surface area contributed by atoms with E-state index in [-0.39, 0.29) is 0 Å². The molecule has 2 rings (SSSR count). The summed E-state index contributed by atoms with van der Waals surface area (Å²) in [5.74, 6) is 0.638. The van der Waals surface area contributed by atoms with Crippen LogP contribution in [0.4, 0.5) is 0 Å².